The Hall–Kier alpha value is -3.07. The van der Waals surface area contributed by atoms with Gasteiger partial charge < -0.3 is 14.9 Å². The van der Waals surface area contributed by atoms with Crippen LogP contribution in [0.5, 0.6) is 0 Å². The number of sulfonamides is 1. The van der Waals surface area contributed by atoms with E-state index in [0.717, 1.165) is 6.42 Å². The van der Waals surface area contributed by atoms with Crippen LogP contribution >= 0.6 is 0 Å². The minimum atomic E-state index is -3.96. The van der Waals surface area contributed by atoms with Gasteiger partial charge in [-0.05, 0) is 48.6 Å². The summed E-state index contributed by atoms with van der Waals surface area (Å²) in [6.45, 7) is 5.54. The van der Waals surface area contributed by atoms with E-state index in [1.165, 1.54) is 18.2 Å². The normalized spacial score (nSPS) is 19.7. The van der Waals surface area contributed by atoms with E-state index in [-0.39, 0.29) is 16.5 Å². The Morgan fingerprint density at radius 3 is 2.43 bits per heavy atom. The molecule has 2 heterocycles. The number of fused-ring (bicyclic) bond motifs is 1. The number of para-hydroxylation sites is 1. The summed E-state index contributed by atoms with van der Waals surface area (Å²) in [6, 6.07) is 10.9. The van der Waals surface area contributed by atoms with Crippen molar-refractivity contribution >= 4 is 32.7 Å². The highest BCUT2D eigenvalue weighted by Crippen LogP contribution is 2.26. The van der Waals surface area contributed by atoms with Crippen molar-refractivity contribution in [3.05, 3.63) is 58.5 Å². The minimum absolute atomic E-state index is 0.00674. The van der Waals surface area contributed by atoms with E-state index >= 15 is 0 Å². The lowest BCUT2D eigenvalue weighted by Crippen LogP contribution is -2.42. The number of carbonyl (C=O) groups is 1. The molecule has 1 amide bonds. The van der Waals surface area contributed by atoms with E-state index in [2.05, 4.69) is 28.5 Å². The molecule has 1 fully saturated rings. The summed E-state index contributed by atoms with van der Waals surface area (Å²) in [4.78, 5) is 31.5. The fraction of sp³-hybridized carbons (Fsp3) is 0.333. The smallest absolute Gasteiger partial charge is 0.323 e. The third-order valence-electron chi connectivity index (χ3n) is 5.36. The highest BCUT2D eigenvalue weighted by atomic mass is 32.2. The van der Waals surface area contributed by atoms with Crippen LogP contribution in [0.25, 0.3) is 11.0 Å². The lowest BCUT2D eigenvalue weighted by atomic mass is 9.91. The predicted molar refractivity (Wildman–Crippen MR) is 115 cm³/mol. The van der Waals surface area contributed by atoms with Gasteiger partial charge in [-0.15, -0.1) is 0 Å². The first-order valence-electron chi connectivity index (χ1n) is 9.86. The molecule has 2 aromatic carbocycles. The molecule has 0 unspecified atom stereocenters. The number of carbonyl (C=O) groups excluding carboxylic acids is 1. The Morgan fingerprint density at radius 1 is 1.03 bits per heavy atom. The number of likely N-dealkylation sites (tertiary alicyclic amines) is 1. The number of benzene rings is 2. The van der Waals surface area contributed by atoms with Crippen LogP contribution in [-0.2, 0) is 10.0 Å². The fourth-order valence-corrected chi connectivity index (χ4v) is 5.25. The molecule has 0 bridgehead atoms. The van der Waals surface area contributed by atoms with E-state index in [1.807, 2.05) is 0 Å². The van der Waals surface area contributed by atoms with Crippen LogP contribution in [0.4, 0.5) is 5.69 Å². The molecule has 2 atom stereocenters. The average molecular weight is 429 g/mol. The molecule has 158 valence electrons. The summed E-state index contributed by atoms with van der Waals surface area (Å²) in [5.41, 5.74) is 1.05. The molecule has 30 heavy (non-hydrogen) atoms. The molecule has 4 rings (SSSR count). The first kappa shape index (κ1) is 20.2. The van der Waals surface area contributed by atoms with Gasteiger partial charge in [0.25, 0.3) is 15.9 Å². The van der Waals surface area contributed by atoms with Crippen LogP contribution in [0.3, 0.4) is 0 Å². The zero-order chi connectivity index (χ0) is 21.5. The first-order valence-corrected chi connectivity index (χ1v) is 11.3. The van der Waals surface area contributed by atoms with Crippen molar-refractivity contribution in [2.75, 3.05) is 17.8 Å². The third kappa shape index (κ3) is 3.97. The van der Waals surface area contributed by atoms with E-state index in [1.54, 1.807) is 29.2 Å². The lowest BCUT2D eigenvalue weighted by molar-refractivity contribution is 0.0624. The molecule has 0 spiro atoms. The van der Waals surface area contributed by atoms with Crippen LogP contribution in [-0.4, -0.2) is 42.3 Å². The molecule has 1 saturated heterocycles. The van der Waals surface area contributed by atoms with Crippen molar-refractivity contribution in [2.24, 2.45) is 11.8 Å². The maximum Gasteiger partial charge on any atom is 0.323 e. The minimum Gasteiger partial charge on any atom is -0.338 e. The Morgan fingerprint density at radius 2 is 1.70 bits per heavy atom. The molecule has 1 aliphatic rings. The van der Waals surface area contributed by atoms with Gasteiger partial charge in [0.15, 0.2) is 0 Å². The van der Waals surface area contributed by atoms with Gasteiger partial charge in [-0.2, -0.15) is 0 Å². The van der Waals surface area contributed by atoms with Crippen molar-refractivity contribution < 1.29 is 13.2 Å². The van der Waals surface area contributed by atoms with E-state index in [0.29, 0.717) is 41.5 Å². The molecule has 9 heteroatoms. The summed E-state index contributed by atoms with van der Waals surface area (Å²) >= 11 is 0. The van der Waals surface area contributed by atoms with Gasteiger partial charge in [-0.25, -0.2) is 13.2 Å². The van der Waals surface area contributed by atoms with Crippen LogP contribution in [0.1, 0.15) is 30.6 Å². The summed E-state index contributed by atoms with van der Waals surface area (Å²) in [5, 5.41) is 0. The number of anilines is 1. The molecule has 1 aliphatic heterocycles. The molecular formula is C21H24N4O4S. The van der Waals surface area contributed by atoms with Gasteiger partial charge in [0.05, 0.1) is 27.2 Å². The van der Waals surface area contributed by atoms with Crippen molar-refractivity contribution in [3.63, 3.8) is 0 Å². The number of rotatable bonds is 4. The SMILES string of the molecule is C[C@@H]1C[C@@H](C)CN(C(=O)c2ccccc2NS(=O)(=O)c2ccc3[nH]c(=O)[nH]c3c2)C1. The first-order chi connectivity index (χ1) is 14.2. The van der Waals surface area contributed by atoms with Crippen LogP contribution in [0.15, 0.2) is 52.2 Å². The van der Waals surface area contributed by atoms with Crippen molar-refractivity contribution in [1.29, 1.82) is 0 Å². The average Bonchev–Trinajstić information content (AvgIpc) is 3.06. The van der Waals surface area contributed by atoms with Crippen molar-refractivity contribution in [1.82, 2.24) is 14.9 Å². The monoisotopic (exact) mass is 428 g/mol. The molecule has 0 aliphatic carbocycles. The molecule has 0 saturated carbocycles. The van der Waals surface area contributed by atoms with Crippen LogP contribution in [0.2, 0.25) is 0 Å². The van der Waals surface area contributed by atoms with E-state index in [4.69, 9.17) is 0 Å². The van der Waals surface area contributed by atoms with E-state index < -0.39 is 15.7 Å². The number of piperidine rings is 1. The highest BCUT2D eigenvalue weighted by molar-refractivity contribution is 7.92. The van der Waals surface area contributed by atoms with Gasteiger partial charge in [0.2, 0.25) is 0 Å². The standard InChI is InChI=1S/C21H24N4O4S/c1-13-9-14(2)12-25(11-13)20(26)16-5-3-4-6-17(16)24-30(28,29)15-7-8-18-19(10-15)23-21(27)22-18/h3-8,10,13-14,24H,9,11-12H2,1-2H3,(H2,22,23,27)/t13-,14-/m1/s1. The Kier molecular flexibility index (Phi) is 5.15. The second-order valence-electron chi connectivity index (χ2n) is 8.09. The Bertz CT molecular complexity index is 1250. The second-order valence-corrected chi connectivity index (χ2v) is 9.78. The highest BCUT2D eigenvalue weighted by Gasteiger charge is 2.28. The van der Waals surface area contributed by atoms with Gasteiger partial charge >= 0.3 is 5.69 Å². The van der Waals surface area contributed by atoms with Gasteiger partial charge in [-0.3, -0.25) is 9.52 Å². The molecule has 8 nitrogen and oxygen atoms in total. The van der Waals surface area contributed by atoms with E-state index in [9.17, 15) is 18.0 Å². The lowest BCUT2D eigenvalue weighted by Gasteiger charge is -2.35. The van der Waals surface area contributed by atoms with Crippen molar-refractivity contribution in [3.8, 4) is 0 Å². The quantitative estimate of drug-likeness (QED) is 0.593. The number of aromatic nitrogens is 2. The molecule has 0 radical (unpaired) electrons. The molecule has 1 aromatic heterocycles. The number of H-pyrrole nitrogens is 2. The number of hydrogen-bond acceptors (Lipinski definition) is 4. The summed E-state index contributed by atoms with van der Waals surface area (Å²) < 4.78 is 28.5. The van der Waals surface area contributed by atoms with Crippen molar-refractivity contribution in [2.45, 2.75) is 25.2 Å². The van der Waals surface area contributed by atoms with Gasteiger partial charge in [0, 0.05) is 13.1 Å². The number of imidazole rings is 1. The number of nitrogens with one attached hydrogen (secondary N) is 3. The van der Waals surface area contributed by atoms with Gasteiger partial charge in [0.1, 0.15) is 0 Å². The summed E-state index contributed by atoms with van der Waals surface area (Å²) in [6.07, 6.45) is 1.07. The topological polar surface area (TPSA) is 115 Å². The zero-order valence-electron chi connectivity index (χ0n) is 16.8. The maximum absolute atomic E-state index is 13.2. The molecule has 3 N–H and O–H groups in total. The predicted octanol–water partition coefficient (Wildman–Crippen LogP) is 2.78. The largest absolute Gasteiger partial charge is 0.338 e. The van der Waals surface area contributed by atoms with Crippen LogP contribution in [0, 0.1) is 11.8 Å². The molecule has 3 aromatic rings. The van der Waals surface area contributed by atoms with Gasteiger partial charge in [-0.1, -0.05) is 26.0 Å². The summed E-state index contributed by atoms with van der Waals surface area (Å²) in [7, 11) is -3.96. The summed E-state index contributed by atoms with van der Waals surface area (Å²) in [5.74, 6) is 0.616. The second kappa shape index (κ2) is 7.64. The Balaban J connectivity index is 1.64. The zero-order valence-corrected chi connectivity index (χ0v) is 17.6. The third-order valence-corrected chi connectivity index (χ3v) is 6.72. The fourth-order valence-electron chi connectivity index (χ4n) is 4.14. The Labute approximate surface area is 174 Å². The number of amides is 1. The molecular weight excluding hydrogens is 404 g/mol. The number of aromatic amines is 2. The van der Waals surface area contributed by atoms with Crippen LogP contribution < -0.4 is 10.4 Å². The maximum atomic E-state index is 13.2. The number of hydrogen-bond donors (Lipinski definition) is 3. The number of nitrogens with zero attached hydrogens (tertiary/aromatic N) is 1.